The van der Waals surface area contributed by atoms with Gasteiger partial charge in [-0.1, -0.05) is 29.6 Å². The first-order valence-electron chi connectivity index (χ1n) is 6.63. The second-order valence-electron chi connectivity index (χ2n) is 5.16. The molecule has 1 aromatic carbocycles. The summed E-state index contributed by atoms with van der Waals surface area (Å²) >= 11 is 13.8. The van der Waals surface area contributed by atoms with Crippen molar-refractivity contribution in [3.05, 3.63) is 22.2 Å². The molecule has 0 aliphatic heterocycles. The van der Waals surface area contributed by atoms with E-state index in [1.807, 2.05) is 0 Å². The number of halogens is 2. The monoisotopic (exact) mass is 368 g/mol. The molecule has 118 valence electrons. The van der Waals surface area contributed by atoms with Crippen molar-refractivity contribution in [2.75, 3.05) is 12.0 Å². The van der Waals surface area contributed by atoms with E-state index in [1.54, 1.807) is 11.8 Å². The molecule has 1 aliphatic carbocycles. The highest BCUT2D eigenvalue weighted by atomic mass is 35.5. The summed E-state index contributed by atoms with van der Waals surface area (Å²) in [7, 11) is -3.75. The molecule has 0 bridgehead atoms. The number of benzene rings is 1. The minimum absolute atomic E-state index is 0.0460. The molecular formula is C13H18Cl2N2O2S2. The number of nitrogen functional groups attached to an aromatic ring is 1. The van der Waals surface area contributed by atoms with Gasteiger partial charge in [0.2, 0.25) is 10.0 Å². The third-order valence-corrected chi connectivity index (χ3v) is 7.11. The van der Waals surface area contributed by atoms with Crippen LogP contribution in [0.25, 0.3) is 0 Å². The zero-order chi connectivity index (χ0) is 15.6. The van der Waals surface area contributed by atoms with Gasteiger partial charge in [0.25, 0.3) is 0 Å². The molecule has 0 amide bonds. The van der Waals surface area contributed by atoms with E-state index >= 15 is 0 Å². The van der Waals surface area contributed by atoms with E-state index in [-0.39, 0.29) is 21.0 Å². The van der Waals surface area contributed by atoms with Crippen molar-refractivity contribution in [2.24, 2.45) is 0 Å². The normalized spacial score (nSPS) is 23.2. The molecule has 2 unspecified atom stereocenters. The molecule has 1 saturated carbocycles. The molecule has 0 spiro atoms. The van der Waals surface area contributed by atoms with Crippen LogP contribution in [0, 0.1) is 0 Å². The van der Waals surface area contributed by atoms with Gasteiger partial charge >= 0.3 is 0 Å². The summed E-state index contributed by atoms with van der Waals surface area (Å²) in [5, 5.41) is 0.582. The maximum absolute atomic E-state index is 12.5. The van der Waals surface area contributed by atoms with Gasteiger partial charge < -0.3 is 5.73 Å². The van der Waals surface area contributed by atoms with Crippen LogP contribution in [0.3, 0.4) is 0 Å². The minimum atomic E-state index is -3.75. The highest BCUT2D eigenvalue weighted by Gasteiger charge is 2.29. The number of sulfonamides is 1. The Kier molecular flexibility index (Phi) is 5.71. The van der Waals surface area contributed by atoms with Crippen molar-refractivity contribution in [2.45, 2.75) is 41.9 Å². The average Bonchev–Trinajstić information content (AvgIpc) is 2.36. The van der Waals surface area contributed by atoms with Gasteiger partial charge in [0.1, 0.15) is 4.90 Å². The smallest absolute Gasteiger partial charge is 0.243 e. The van der Waals surface area contributed by atoms with Gasteiger partial charge in [0.15, 0.2) is 0 Å². The highest BCUT2D eigenvalue weighted by Crippen LogP contribution is 2.33. The van der Waals surface area contributed by atoms with Crippen LogP contribution in [0.2, 0.25) is 10.0 Å². The number of hydrogen-bond acceptors (Lipinski definition) is 4. The van der Waals surface area contributed by atoms with Gasteiger partial charge in [-0.3, -0.25) is 0 Å². The van der Waals surface area contributed by atoms with Crippen LogP contribution in [0.5, 0.6) is 0 Å². The fraction of sp³-hybridized carbons (Fsp3) is 0.538. The first-order valence-corrected chi connectivity index (χ1v) is 10.2. The largest absolute Gasteiger partial charge is 0.399 e. The standard InChI is InChI=1S/C13H18Cl2N2O2S2/c1-20-10-4-2-3-9(7-10)17-21(18,19)13-11(14)5-8(16)6-12(13)15/h5-6,9-10,17H,2-4,7,16H2,1H3. The lowest BCUT2D eigenvalue weighted by Gasteiger charge is -2.28. The molecule has 2 atom stereocenters. The molecule has 1 fully saturated rings. The van der Waals surface area contributed by atoms with E-state index in [1.165, 1.54) is 12.1 Å². The van der Waals surface area contributed by atoms with Gasteiger partial charge in [-0.15, -0.1) is 0 Å². The Hall–Kier alpha value is -0.140. The third-order valence-electron chi connectivity index (χ3n) is 3.57. The van der Waals surface area contributed by atoms with Gasteiger partial charge in [0.05, 0.1) is 10.0 Å². The SMILES string of the molecule is CSC1CCCC(NS(=O)(=O)c2c(Cl)cc(N)cc2Cl)C1. The summed E-state index contributed by atoms with van der Waals surface area (Å²) in [5.41, 5.74) is 5.94. The quantitative estimate of drug-likeness (QED) is 0.797. The first kappa shape index (κ1) is 17.2. The van der Waals surface area contributed by atoms with Crippen molar-refractivity contribution in [3.8, 4) is 0 Å². The Balaban J connectivity index is 2.23. The minimum Gasteiger partial charge on any atom is -0.399 e. The van der Waals surface area contributed by atoms with Crippen molar-refractivity contribution in [1.29, 1.82) is 0 Å². The molecule has 0 radical (unpaired) electrons. The number of anilines is 1. The maximum Gasteiger partial charge on any atom is 0.243 e. The van der Waals surface area contributed by atoms with Gasteiger partial charge in [-0.2, -0.15) is 11.8 Å². The second-order valence-corrected chi connectivity index (χ2v) is 8.76. The lowest BCUT2D eigenvalue weighted by atomic mass is 9.96. The first-order chi connectivity index (χ1) is 9.83. The molecule has 0 saturated heterocycles. The van der Waals surface area contributed by atoms with Crippen LogP contribution >= 0.6 is 35.0 Å². The molecule has 21 heavy (non-hydrogen) atoms. The number of hydrogen-bond donors (Lipinski definition) is 2. The molecule has 4 nitrogen and oxygen atoms in total. The van der Waals surface area contributed by atoms with Crippen LogP contribution in [0.4, 0.5) is 5.69 Å². The van der Waals surface area contributed by atoms with E-state index < -0.39 is 10.0 Å². The van der Waals surface area contributed by atoms with E-state index in [4.69, 9.17) is 28.9 Å². The summed E-state index contributed by atoms with van der Waals surface area (Å²) < 4.78 is 27.8. The fourth-order valence-corrected chi connectivity index (χ4v) is 5.92. The molecule has 1 aliphatic rings. The molecule has 0 aromatic heterocycles. The molecule has 8 heteroatoms. The van der Waals surface area contributed by atoms with E-state index in [0.29, 0.717) is 10.9 Å². The number of rotatable bonds is 4. The van der Waals surface area contributed by atoms with Crippen LogP contribution in [0.1, 0.15) is 25.7 Å². The van der Waals surface area contributed by atoms with E-state index in [0.717, 1.165) is 25.7 Å². The van der Waals surface area contributed by atoms with Crippen molar-refractivity contribution < 1.29 is 8.42 Å². The molecule has 0 heterocycles. The highest BCUT2D eigenvalue weighted by molar-refractivity contribution is 7.99. The molecule has 1 aromatic rings. The summed E-state index contributed by atoms with van der Waals surface area (Å²) in [6.07, 6.45) is 5.85. The predicted octanol–water partition coefficient (Wildman–Crippen LogP) is 3.53. The van der Waals surface area contributed by atoms with E-state index in [2.05, 4.69) is 11.0 Å². The Labute approximate surface area is 139 Å². The van der Waals surface area contributed by atoms with Crippen LogP contribution in [0.15, 0.2) is 17.0 Å². The number of nitrogens with two attached hydrogens (primary N) is 1. The molecule has 3 N–H and O–H groups in total. The summed E-state index contributed by atoms with van der Waals surface area (Å²) in [6.45, 7) is 0. The van der Waals surface area contributed by atoms with Crippen molar-refractivity contribution in [1.82, 2.24) is 4.72 Å². The van der Waals surface area contributed by atoms with Crippen molar-refractivity contribution >= 4 is 50.7 Å². The van der Waals surface area contributed by atoms with Crippen LogP contribution < -0.4 is 10.5 Å². The fourth-order valence-electron chi connectivity index (χ4n) is 2.58. The predicted molar refractivity (Wildman–Crippen MR) is 90.8 cm³/mol. The Bertz CT molecular complexity index is 600. The van der Waals surface area contributed by atoms with Crippen LogP contribution in [-0.2, 0) is 10.0 Å². The summed E-state index contributed by atoms with van der Waals surface area (Å²) in [6, 6.07) is 2.71. The average molecular weight is 369 g/mol. The zero-order valence-electron chi connectivity index (χ0n) is 11.6. The second kappa shape index (κ2) is 6.96. The Morgan fingerprint density at radius 1 is 1.29 bits per heavy atom. The molecular weight excluding hydrogens is 351 g/mol. The van der Waals surface area contributed by atoms with Crippen molar-refractivity contribution in [3.63, 3.8) is 0 Å². The number of nitrogens with one attached hydrogen (secondary N) is 1. The third kappa shape index (κ3) is 4.20. The summed E-state index contributed by atoms with van der Waals surface area (Å²) in [4.78, 5) is -0.0914. The van der Waals surface area contributed by atoms with Gasteiger partial charge in [0, 0.05) is 17.0 Å². The molecule has 2 rings (SSSR count). The van der Waals surface area contributed by atoms with Gasteiger partial charge in [-0.25, -0.2) is 13.1 Å². The maximum atomic E-state index is 12.5. The zero-order valence-corrected chi connectivity index (χ0v) is 14.7. The Morgan fingerprint density at radius 3 is 2.48 bits per heavy atom. The van der Waals surface area contributed by atoms with Gasteiger partial charge in [-0.05, 0) is 37.7 Å². The summed E-state index contributed by atoms with van der Waals surface area (Å²) in [5.74, 6) is 0. The topological polar surface area (TPSA) is 72.2 Å². The van der Waals surface area contributed by atoms with Crippen LogP contribution in [-0.4, -0.2) is 26.0 Å². The van der Waals surface area contributed by atoms with E-state index in [9.17, 15) is 8.42 Å². The lowest BCUT2D eigenvalue weighted by Crippen LogP contribution is -2.39. The number of thioether (sulfide) groups is 1. The Morgan fingerprint density at radius 2 is 1.90 bits per heavy atom. The lowest BCUT2D eigenvalue weighted by molar-refractivity contribution is 0.421.